The second-order valence-corrected chi connectivity index (χ2v) is 4.05. The highest BCUT2D eigenvalue weighted by Crippen LogP contribution is 2.06. The molecule has 0 radical (unpaired) electrons. The van der Waals surface area contributed by atoms with Crippen LogP contribution in [0, 0.1) is 0 Å². The van der Waals surface area contributed by atoms with Crippen LogP contribution < -0.4 is 0 Å². The topological polar surface area (TPSA) is 46.5 Å². The van der Waals surface area contributed by atoms with Crippen molar-refractivity contribution in [3.8, 4) is 0 Å². The fraction of sp³-hybridized carbons (Fsp3) is 0.917. The minimum atomic E-state index is -0.787. The van der Waals surface area contributed by atoms with E-state index in [0.717, 1.165) is 6.42 Å². The monoisotopic (exact) mass is 216 g/mol. The molecule has 3 nitrogen and oxygen atoms in total. The smallest absolute Gasteiger partial charge is 0.305 e. The van der Waals surface area contributed by atoms with E-state index in [1.807, 2.05) is 6.92 Å². The van der Waals surface area contributed by atoms with Crippen molar-refractivity contribution < 1.29 is 14.6 Å². The summed E-state index contributed by atoms with van der Waals surface area (Å²) in [5.74, 6) is -0.787. The molecule has 0 fully saturated rings. The number of carbonyl (C=O) groups is 1. The Morgan fingerprint density at radius 1 is 1.20 bits per heavy atom. The Bertz CT molecular complexity index is 157. The molecule has 0 saturated carbocycles. The van der Waals surface area contributed by atoms with Crippen LogP contribution in [0.3, 0.4) is 0 Å². The predicted octanol–water partition coefficient (Wildman–Crippen LogP) is 3.23. The average Bonchev–Trinajstić information content (AvgIpc) is 2.15. The minimum Gasteiger partial charge on any atom is -0.481 e. The van der Waals surface area contributed by atoms with Crippen LogP contribution in [-0.2, 0) is 9.53 Å². The van der Waals surface area contributed by atoms with Gasteiger partial charge in [-0.25, -0.2) is 0 Å². The normalized spacial score (nSPS) is 12.7. The molecule has 0 saturated heterocycles. The number of aliphatic carboxylic acids is 1. The fourth-order valence-corrected chi connectivity index (χ4v) is 1.47. The fourth-order valence-electron chi connectivity index (χ4n) is 1.47. The second kappa shape index (κ2) is 9.97. The van der Waals surface area contributed by atoms with Crippen LogP contribution in [0.15, 0.2) is 0 Å². The molecule has 90 valence electrons. The van der Waals surface area contributed by atoms with Crippen molar-refractivity contribution in [1.29, 1.82) is 0 Å². The Morgan fingerprint density at radius 3 is 2.40 bits per heavy atom. The van der Waals surface area contributed by atoms with E-state index in [2.05, 4.69) is 6.92 Å². The summed E-state index contributed by atoms with van der Waals surface area (Å²) in [5.41, 5.74) is 0. The first-order valence-corrected chi connectivity index (χ1v) is 6.00. The van der Waals surface area contributed by atoms with Crippen LogP contribution in [0.1, 0.15) is 58.8 Å². The van der Waals surface area contributed by atoms with Gasteiger partial charge in [-0.1, -0.05) is 39.0 Å². The zero-order chi connectivity index (χ0) is 11.5. The van der Waals surface area contributed by atoms with E-state index in [-0.39, 0.29) is 12.5 Å². The van der Waals surface area contributed by atoms with Gasteiger partial charge in [0.2, 0.25) is 0 Å². The van der Waals surface area contributed by atoms with Crippen molar-refractivity contribution in [2.24, 2.45) is 0 Å². The maximum absolute atomic E-state index is 10.3. The lowest BCUT2D eigenvalue weighted by Crippen LogP contribution is -2.14. The number of carboxylic acids is 1. The van der Waals surface area contributed by atoms with Gasteiger partial charge in [-0.05, 0) is 13.3 Å². The molecule has 0 aliphatic heterocycles. The third kappa shape index (κ3) is 11.4. The molecule has 0 unspecified atom stereocenters. The maximum Gasteiger partial charge on any atom is 0.305 e. The Hall–Kier alpha value is -0.570. The number of rotatable bonds is 10. The first-order chi connectivity index (χ1) is 7.16. The molecular formula is C12H24O3. The molecular weight excluding hydrogens is 192 g/mol. The Labute approximate surface area is 92.8 Å². The van der Waals surface area contributed by atoms with E-state index in [0.29, 0.717) is 6.61 Å². The van der Waals surface area contributed by atoms with Gasteiger partial charge in [0.25, 0.3) is 0 Å². The molecule has 0 amide bonds. The first-order valence-electron chi connectivity index (χ1n) is 6.00. The van der Waals surface area contributed by atoms with Gasteiger partial charge in [0.1, 0.15) is 0 Å². The standard InChI is InChI=1S/C12H24O3/c1-3-4-5-6-7-8-9-15-11(2)10-12(13)14/h11H,3-10H2,1-2H3,(H,13,14)/t11-/m1/s1. The van der Waals surface area contributed by atoms with E-state index < -0.39 is 5.97 Å². The lowest BCUT2D eigenvalue weighted by atomic mass is 10.1. The highest BCUT2D eigenvalue weighted by Gasteiger charge is 2.06. The summed E-state index contributed by atoms with van der Waals surface area (Å²) in [5, 5.41) is 8.50. The highest BCUT2D eigenvalue weighted by atomic mass is 16.5. The third-order valence-corrected chi connectivity index (χ3v) is 2.36. The van der Waals surface area contributed by atoms with Crippen molar-refractivity contribution in [2.45, 2.75) is 64.9 Å². The summed E-state index contributed by atoms with van der Waals surface area (Å²) in [6.07, 6.45) is 7.36. The van der Waals surface area contributed by atoms with Gasteiger partial charge in [-0.15, -0.1) is 0 Å². The molecule has 0 aliphatic rings. The number of carboxylic acid groups (broad SMARTS) is 1. The van der Waals surface area contributed by atoms with Gasteiger partial charge < -0.3 is 9.84 Å². The molecule has 0 aromatic heterocycles. The summed E-state index contributed by atoms with van der Waals surface area (Å²) in [6, 6.07) is 0. The summed E-state index contributed by atoms with van der Waals surface area (Å²) in [4.78, 5) is 10.3. The van der Waals surface area contributed by atoms with Gasteiger partial charge in [-0.3, -0.25) is 4.79 Å². The van der Waals surface area contributed by atoms with Crippen molar-refractivity contribution in [1.82, 2.24) is 0 Å². The van der Waals surface area contributed by atoms with Gasteiger partial charge in [0.15, 0.2) is 0 Å². The molecule has 1 atom stereocenters. The van der Waals surface area contributed by atoms with Crippen LogP contribution in [0.2, 0.25) is 0 Å². The molecule has 0 aromatic rings. The summed E-state index contributed by atoms with van der Waals surface area (Å²) < 4.78 is 5.38. The maximum atomic E-state index is 10.3. The van der Waals surface area contributed by atoms with Gasteiger partial charge in [-0.2, -0.15) is 0 Å². The van der Waals surface area contributed by atoms with Gasteiger partial charge >= 0.3 is 5.97 Å². The molecule has 0 aliphatic carbocycles. The van der Waals surface area contributed by atoms with Crippen LogP contribution in [0.5, 0.6) is 0 Å². The van der Waals surface area contributed by atoms with Crippen LogP contribution in [-0.4, -0.2) is 23.8 Å². The van der Waals surface area contributed by atoms with E-state index in [1.54, 1.807) is 0 Å². The van der Waals surface area contributed by atoms with Crippen molar-refractivity contribution in [2.75, 3.05) is 6.61 Å². The lowest BCUT2D eigenvalue weighted by molar-refractivity contribution is -0.139. The number of ether oxygens (including phenoxy) is 1. The zero-order valence-electron chi connectivity index (χ0n) is 10.00. The quantitative estimate of drug-likeness (QED) is 0.570. The van der Waals surface area contributed by atoms with Gasteiger partial charge in [0, 0.05) is 6.61 Å². The number of unbranched alkanes of at least 4 members (excludes halogenated alkanes) is 5. The summed E-state index contributed by atoms with van der Waals surface area (Å²) in [6.45, 7) is 4.71. The predicted molar refractivity (Wildman–Crippen MR) is 61.0 cm³/mol. The Balaban J connectivity index is 3.13. The Kier molecular flexibility index (Phi) is 9.59. The largest absolute Gasteiger partial charge is 0.481 e. The van der Waals surface area contributed by atoms with Crippen LogP contribution in [0.25, 0.3) is 0 Å². The third-order valence-electron chi connectivity index (χ3n) is 2.36. The van der Waals surface area contributed by atoms with Crippen molar-refractivity contribution >= 4 is 5.97 Å². The van der Waals surface area contributed by atoms with Gasteiger partial charge in [0.05, 0.1) is 12.5 Å². The molecule has 15 heavy (non-hydrogen) atoms. The summed E-state index contributed by atoms with van der Waals surface area (Å²) >= 11 is 0. The molecule has 0 rings (SSSR count). The Morgan fingerprint density at radius 2 is 1.80 bits per heavy atom. The van der Waals surface area contributed by atoms with Crippen molar-refractivity contribution in [3.63, 3.8) is 0 Å². The molecule has 1 N–H and O–H groups in total. The highest BCUT2D eigenvalue weighted by molar-refractivity contribution is 5.67. The molecule has 0 bridgehead atoms. The molecule has 0 spiro atoms. The first kappa shape index (κ1) is 14.4. The number of hydrogen-bond acceptors (Lipinski definition) is 2. The van der Waals surface area contributed by atoms with Crippen LogP contribution >= 0.6 is 0 Å². The van der Waals surface area contributed by atoms with Crippen molar-refractivity contribution in [3.05, 3.63) is 0 Å². The van der Waals surface area contributed by atoms with E-state index in [1.165, 1.54) is 32.1 Å². The molecule has 0 heterocycles. The van der Waals surface area contributed by atoms with E-state index in [4.69, 9.17) is 9.84 Å². The average molecular weight is 216 g/mol. The second-order valence-electron chi connectivity index (χ2n) is 4.05. The molecule has 0 aromatic carbocycles. The SMILES string of the molecule is CCCCCCCCO[C@H](C)CC(=O)O. The van der Waals surface area contributed by atoms with Crippen LogP contribution in [0.4, 0.5) is 0 Å². The zero-order valence-corrected chi connectivity index (χ0v) is 10.00. The number of hydrogen-bond donors (Lipinski definition) is 1. The lowest BCUT2D eigenvalue weighted by Gasteiger charge is -2.10. The summed E-state index contributed by atoms with van der Waals surface area (Å²) in [7, 11) is 0. The van der Waals surface area contributed by atoms with E-state index in [9.17, 15) is 4.79 Å². The minimum absolute atomic E-state index is 0.107. The van der Waals surface area contributed by atoms with E-state index >= 15 is 0 Å². The molecule has 3 heteroatoms.